The Morgan fingerprint density at radius 3 is 2.46 bits per heavy atom. The first-order chi connectivity index (χ1) is 13.4. The van der Waals surface area contributed by atoms with Crippen LogP contribution in [0.25, 0.3) is 0 Å². The average Bonchev–Trinajstić information content (AvgIpc) is 2.69. The van der Waals surface area contributed by atoms with Crippen LogP contribution in [0, 0.1) is 11.8 Å². The zero-order valence-electron chi connectivity index (χ0n) is 16.4. The molecule has 1 saturated carbocycles. The van der Waals surface area contributed by atoms with Gasteiger partial charge in [-0.25, -0.2) is 0 Å². The van der Waals surface area contributed by atoms with Crippen molar-refractivity contribution in [3.8, 4) is 0 Å². The number of halogens is 3. The minimum atomic E-state index is -4.44. The lowest BCUT2D eigenvalue weighted by molar-refractivity contribution is -0.137. The molecule has 1 aromatic rings. The van der Waals surface area contributed by atoms with Crippen LogP contribution in [0.1, 0.15) is 51.0 Å². The highest BCUT2D eigenvalue weighted by atomic mass is 19.4. The third kappa shape index (κ3) is 5.19. The topological polar surface area (TPSA) is 41.6 Å². The van der Waals surface area contributed by atoms with Crippen molar-refractivity contribution in [2.45, 2.75) is 51.6 Å². The Morgan fingerprint density at radius 2 is 1.86 bits per heavy atom. The van der Waals surface area contributed by atoms with Crippen molar-refractivity contribution >= 4 is 17.3 Å². The number of amides is 1. The van der Waals surface area contributed by atoms with Gasteiger partial charge < -0.3 is 15.0 Å². The summed E-state index contributed by atoms with van der Waals surface area (Å²) in [5, 5.41) is 2.82. The number of anilines is 2. The van der Waals surface area contributed by atoms with Crippen molar-refractivity contribution in [2.75, 3.05) is 36.5 Å². The molecule has 1 N–H and O–H groups in total. The molecule has 2 aliphatic rings. The van der Waals surface area contributed by atoms with E-state index in [4.69, 9.17) is 4.74 Å². The molecular formula is C21H29F3N2O2. The van der Waals surface area contributed by atoms with E-state index in [1.807, 2.05) is 4.90 Å². The summed E-state index contributed by atoms with van der Waals surface area (Å²) in [4.78, 5) is 14.8. The molecule has 2 fully saturated rings. The van der Waals surface area contributed by atoms with Gasteiger partial charge in [-0.15, -0.1) is 0 Å². The SMILES string of the molecule is CCCC1CCC(C(=O)Nc2cc(C(F)(F)F)ccc2N2CCOCC2)CC1. The highest BCUT2D eigenvalue weighted by molar-refractivity contribution is 5.96. The number of morpholine rings is 1. The molecule has 0 bridgehead atoms. The fourth-order valence-electron chi connectivity index (χ4n) is 4.25. The number of ether oxygens (including phenoxy) is 1. The second-order valence-electron chi connectivity index (χ2n) is 7.82. The van der Waals surface area contributed by atoms with Gasteiger partial charge in [-0.2, -0.15) is 13.2 Å². The van der Waals surface area contributed by atoms with E-state index in [1.54, 1.807) is 0 Å². The summed E-state index contributed by atoms with van der Waals surface area (Å²) in [5.74, 6) is 0.385. The van der Waals surface area contributed by atoms with Crippen LogP contribution >= 0.6 is 0 Å². The molecule has 1 amide bonds. The molecule has 1 heterocycles. The van der Waals surface area contributed by atoms with Crippen LogP contribution in [0.3, 0.4) is 0 Å². The van der Waals surface area contributed by atoms with Crippen LogP contribution in [-0.4, -0.2) is 32.2 Å². The van der Waals surface area contributed by atoms with Crippen molar-refractivity contribution in [1.29, 1.82) is 0 Å². The van der Waals surface area contributed by atoms with Crippen molar-refractivity contribution < 1.29 is 22.7 Å². The first-order valence-corrected chi connectivity index (χ1v) is 10.2. The monoisotopic (exact) mass is 398 g/mol. The molecule has 156 valence electrons. The molecule has 1 saturated heterocycles. The Balaban J connectivity index is 1.75. The Bertz CT molecular complexity index is 664. The van der Waals surface area contributed by atoms with E-state index in [9.17, 15) is 18.0 Å². The molecule has 1 aliphatic heterocycles. The Kier molecular flexibility index (Phi) is 6.86. The zero-order chi connectivity index (χ0) is 20.1. The zero-order valence-corrected chi connectivity index (χ0v) is 16.4. The van der Waals surface area contributed by atoms with Gasteiger partial charge in [0.2, 0.25) is 5.91 Å². The fourth-order valence-corrected chi connectivity index (χ4v) is 4.25. The summed E-state index contributed by atoms with van der Waals surface area (Å²) < 4.78 is 44.9. The van der Waals surface area contributed by atoms with Crippen LogP contribution in [0.2, 0.25) is 0 Å². The molecule has 0 aromatic heterocycles. The minimum Gasteiger partial charge on any atom is -0.378 e. The van der Waals surface area contributed by atoms with Gasteiger partial charge >= 0.3 is 6.18 Å². The highest BCUT2D eigenvalue weighted by Crippen LogP contribution is 2.37. The molecule has 3 rings (SSSR count). The maximum Gasteiger partial charge on any atom is 0.416 e. The summed E-state index contributed by atoms with van der Waals surface area (Å²) in [7, 11) is 0. The van der Waals surface area contributed by atoms with E-state index in [0.29, 0.717) is 37.9 Å². The molecule has 7 heteroatoms. The summed E-state index contributed by atoms with van der Waals surface area (Å²) in [6, 6.07) is 3.60. The second kappa shape index (κ2) is 9.16. The minimum absolute atomic E-state index is 0.125. The van der Waals surface area contributed by atoms with Gasteiger partial charge in [0.1, 0.15) is 0 Å². The number of hydrogen-bond acceptors (Lipinski definition) is 3. The lowest BCUT2D eigenvalue weighted by Crippen LogP contribution is -2.37. The number of benzene rings is 1. The van der Waals surface area contributed by atoms with Crippen molar-refractivity contribution in [1.82, 2.24) is 0 Å². The molecule has 0 unspecified atom stereocenters. The quantitative estimate of drug-likeness (QED) is 0.751. The summed E-state index contributed by atoms with van der Waals surface area (Å²) in [5.41, 5.74) is 0.133. The molecule has 28 heavy (non-hydrogen) atoms. The van der Waals surface area contributed by atoms with Gasteiger partial charge in [-0.3, -0.25) is 4.79 Å². The Hall–Kier alpha value is -1.76. The van der Waals surface area contributed by atoms with E-state index < -0.39 is 11.7 Å². The van der Waals surface area contributed by atoms with Crippen molar-refractivity contribution in [2.24, 2.45) is 11.8 Å². The number of nitrogens with zero attached hydrogens (tertiary/aromatic N) is 1. The number of nitrogens with one attached hydrogen (secondary N) is 1. The molecule has 0 spiro atoms. The molecule has 0 atom stereocenters. The van der Waals surface area contributed by atoms with Crippen LogP contribution in [0.5, 0.6) is 0 Å². The van der Waals surface area contributed by atoms with Gasteiger partial charge in [0.05, 0.1) is 30.2 Å². The highest BCUT2D eigenvalue weighted by Gasteiger charge is 2.32. The number of rotatable bonds is 5. The van der Waals surface area contributed by atoms with Gasteiger partial charge in [-0.05, 0) is 49.8 Å². The average molecular weight is 398 g/mol. The van der Waals surface area contributed by atoms with Gasteiger partial charge in [0.25, 0.3) is 0 Å². The first-order valence-electron chi connectivity index (χ1n) is 10.2. The van der Waals surface area contributed by atoms with Crippen molar-refractivity contribution in [3.05, 3.63) is 23.8 Å². The molecular weight excluding hydrogens is 369 g/mol. The number of carbonyl (C=O) groups excluding carboxylic acids is 1. The molecule has 1 aliphatic carbocycles. The largest absolute Gasteiger partial charge is 0.416 e. The normalized spacial score (nSPS) is 23.5. The standard InChI is InChI=1S/C21H29F3N2O2/c1-2-3-15-4-6-16(7-5-15)20(27)25-18-14-17(21(22,23)24)8-9-19(18)26-10-12-28-13-11-26/h8-9,14-16H,2-7,10-13H2,1H3,(H,25,27). The van der Waals surface area contributed by atoms with Crippen LogP contribution in [0.4, 0.5) is 24.5 Å². The van der Waals surface area contributed by atoms with Crippen LogP contribution < -0.4 is 10.2 Å². The summed E-state index contributed by atoms with van der Waals surface area (Å²) in [6.07, 6.45) is 1.54. The predicted molar refractivity (Wildman–Crippen MR) is 103 cm³/mol. The third-order valence-electron chi connectivity index (χ3n) is 5.85. The number of alkyl halides is 3. The summed E-state index contributed by atoms with van der Waals surface area (Å²) in [6.45, 7) is 4.40. The van der Waals surface area contributed by atoms with E-state index in [1.165, 1.54) is 12.5 Å². The fraction of sp³-hybridized carbons (Fsp3) is 0.667. The van der Waals surface area contributed by atoms with Gasteiger partial charge in [0, 0.05) is 19.0 Å². The van der Waals surface area contributed by atoms with E-state index >= 15 is 0 Å². The number of hydrogen-bond donors (Lipinski definition) is 1. The maximum atomic E-state index is 13.2. The summed E-state index contributed by atoms with van der Waals surface area (Å²) >= 11 is 0. The smallest absolute Gasteiger partial charge is 0.378 e. The van der Waals surface area contributed by atoms with Crippen LogP contribution in [-0.2, 0) is 15.7 Å². The van der Waals surface area contributed by atoms with Crippen molar-refractivity contribution in [3.63, 3.8) is 0 Å². The lowest BCUT2D eigenvalue weighted by atomic mass is 9.79. The third-order valence-corrected chi connectivity index (χ3v) is 5.85. The maximum absolute atomic E-state index is 13.2. The van der Waals surface area contributed by atoms with E-state index in [2.05, 4.69) is 12.2 Å². The second-order valence-corrected chi connectivity index (χ2v) is 7.82. The predicted octanol–water partition coefficient (Wildman–Crippen LogP) is 5.09. The molecule has 1 aromatic carbocycles. The van der Waals surface area contributed by atoms with E-state index in [-0.39, 0.29) is 17.5 Å². The van der Waals surface area contributed by atoms with Gasteiger partial charge in [-0.1, -0.05) is 19.8 Å². The molecule has 4 nitrogen and oxygen atoms in total. The first kappa shape index (κ1) is 21.0. The van der Waals surface area contributed by atoms with Crippen LogP contribution in [0.15, 0.2) is 18.2 Å². The Labute approximate surface area is 164 Å². The van der Waals surface area contributed by atoms with E-state index in [0.717, 1.165) is 44.2 Å². The molecule has 0 radical (unpaired) electrons. The number of carbonyl (C=O) groups is 1. The Morgan fingerprint density at radius 1 is 1.18 bits per heavy atom. The van der Waals surface area contributed by atoms with Gasteiger partial charge in [0.15, 0.2) is 0 Å². The lowest BCUT2D eigenvalue weighted by Gasteiger charge is -2.32.